The van der Waals surface area contributed by atoms with Crippen molar-refractivity contribution >= 4 is 0 Å². The normalized spacial score (nSPS) is 16.7. The molecule has 44 valence electrons. The summed E-state index contributed by atoms with van der Waals surface area (Å²) in [6.45, 7) is 2.78. The highest BCUT2D eigenvalue weighted by Crippen LogP contribution is 1.99. The van der Waals surface area contributed by atoms with Crippen LogP contribution >= 0.6 is 0 Å². The summed E-state index contributed by atoms with van der Waals surface area (Å²) in [6.07, 6.45) is 0. The fourth-order valence-electron chi connectivity index (χ4n) is 0. The van der Waals surface area contributed by atoms with Crippen LogP contribution in [0, 0.1) is 0 Å². The summed E-state index contributed by atoms with van der Waals surface area (Å²) in [4.78, 5) is 0. The molecule has 7 heavy (non-hydrogen) atoms. The molecule has 0 heterocycles. The van der Waals surface area contributed by atoms with Crippen LogP contribution < -0.4 is 5.73 Å². The van der Waals surface area contributed by atoms with Gasteiger partial charge in [-0.15, -0.1) is 0 Å². The van der Waals surface area contributed by atoms with Crippen molar-refractivity contribution in [2.24, 2.45) is 5.73 Å². The van der Waals surface area contributed by atoms with E-state index in [0.717, 1.165) is 0 Å². The van der Waals surface area contributed by atoms with Crippen molar-refractivity contribution in [1.29, 1.82) is 0 Å². The van der Waals surface area contributed by atoms with Crippen LogP contribution in [0.1, 0.15) is 13.8 Å². The third-order valence-corrected chi connectivity index (χ3v) is 0.863. The molecule has 0 fully saturated rings. The largest absolute Gasteiger partial charge is 0.365 e. The maximum absolute atomic E-state index is 8.53. The van der Waals surface area contributed by atoms with Gasteiger partial charge in [0.15, 0.2) is 5.79 Å². The van der Waals surface area contributed by atoms with Crippen LogP contribution in [0.4, 0.5) is 0 Å². The summed E-state index contributed by atoms with van der Waals surface area (Å²) in [7, 11) is 0. The summed E-state index contributed by atoms with van der Waals surface area (Å²) >= 11 is 0. The van der Waals surface area contributed by atoms with E-state index in [0.29, 0.717) is 0 Å². The summed E-state index contributed by atoms with van der Waals surface area (Å²) in [6, 6.07) is -0.590. The summed E-state index contributed by atoms with van der Waals surface area (Å²) < 4.78 is 0. The molecule has 3 heteroatoms. The van der Waals surface area contributed by atoms with Gasteiger partial charge >= 0.3 is 0 Å². The van der Waals surface area contributed by atoms with Gasteiger partial charge in [-0.25, -0.2) is 0 Å². The quantitative estimate of drug-likeness (QED) is 0.376. The number of hydrogen-bond acceptors (Lipinski definition) is 3. The van der Waals surface area contributed by atoms with E-state index in [1.54, 1.807) is 0 Å². The molecule has 0 aromatic heterocycles. The topological polar surface area (TPSA) is 66.5 Å². The van der Waals surface area contributed by atoms with Crippen LogP contribution in [-0.4, -0.2) is 22.0 Å². The summed E-state index contributed by atoms with van der Waals surface area (Å²) in [5, 5.41) is 17.1. The van der Waals surface area contributed by atoms with Gasteiger partial charge in [0, 0.05) is 0 Å². The number of hydrogen-bond donors (Lipinski definition) is 3. The van der Waals surface area contributed by atoms with E-state index >= 15 is 0 Å². The van der Waals surface area contributed by atoms with Gasteiger partial charge in [-0.1, -0.05) is 0 Å². The minimum atomic E-state index is -1.72. The highest BCUT2D eigenvalue weighted by Gasteiger charge is 2.19. The Morgan fingerprint density at radius 2 is 1.71 bits per heavy atom. The second-order valence-electron chi connectivity index (χ2n) is 1.88. The van der Waals surface area contributed by atoms with E-state index in [2.05, 4.69) is 0 Å². The molecule has 0 unspecified atom stereocenters. The van der Waals surface area contributed by atoms with Gasteiger partial charge in [-0.3, -0.25) is 0 Å². The van der Waals surface area contributed by atoms with E-state index in [1.165, 1.54) is 13.8 Å². The van der Waals surface area contributed by atoms with Crippen LogP contribution in [0.25, 0.3) is 0 Å². The van der Waals surface area contributed by atoms with Gasteiger partial charge in [-0.2, -0.15) is 0 Å². The Morgan fingerprint density at radius 1 is 1.57 bits per heavy atom. The maximum Gasteiger partial charge on any atom is 0.174 e. The van der Waals surface area contributed by atoms with Crippen molar-refractivity contribution in [3.63, 3.8) is 0 Å². The highest BCUT2D eigenvalue weighted by molar-refractivity contribution is 4.67. The Labute approximate surface area is 42.8 Å². The monoisotopic (exact) mass is 105 g/mol. The lowest BCUT2D eigenvalue weighted by Gasteiger charge is -2.19. The Morgan fingerprint density at radius 3 is 1.71 bits per heavy atom. The van der Waals surface area contributed by atoms with E-state index in [-0.39, 0.29) is 0 Å². The molecular weight excluding hydrogens is 94.0 g/mol. The standard InChI is InChI=1S/C4H11NO2/c1-3(5)4(2,6)7/h3,6-7H,5H2,1-2H3/t3-/m1/s1. The third-order valence-electron chi connectivity index (χ3n) is 0.863. The van der Waals surface area contributed by atoms with Crippen molar-refractivity contribution in [3.05, 3.63) is 0 Å². The third kappa shape index (κ3) is 2.56. The fourth-order valence-corrected chi connectivity index (χ4v) is 0. The average molecular weight is 105 g/mol. The Bertz CT molecular complexity index is 55.2. The SMILES string of the molecule is C[C@@H](N)C(C)(O)O. The molecule has 0 spiro atoms. The zero-order valence-corrected chi connectivity index (χ0v) is 4.55. The molecule has 4 N–H and O–H groups in total. The second kappa shape index (κ2) is 1.78. The van der Waals surface area contributed by atoms with Crippen LogP contribution in [0.15, 0.2) is 0 Å². The van der Waals surface area contributed by atoms with Crippen molar-refractivity contribution in [1.82, 2.24) is 0 Å². The Hall–Kier alpha value is -0.120. The first-order valence-electron chi connectivity index (χ1n) is 2.15. The Balaban J connectivity index is 3.54. The van der Waals surface area contributed by atoms with Gasteiger partial charge < -0.3 is 15.9 Å². The van der Waals surface area contributed by atoms with Gasteiger partial charge in [0.05, 0.1) is 6.04 Å². The first-order valence-corrected chi connectivity index (χ1v) is 2.15. The van der Waals surface area contributed by atoms with Crippen LogP contribution in [-0.2, 0) is 0 Å². The molecule has 0 saturated carbocycles. The number of rotatable bonds is 1. The number of nitrogens with two attached hydrogens (primary N) is 1. The lowest BCUT2D eigenvalue weighted by atomic mass is 10.2. The minimum absolute atomic E-state index is 0.590. The van der Waals surface area contributed by atoms with Crippen molar-refractivity contribution in [2.75, 3.05) is 0 Å². The molecule has 3 nitrogen and oxygen atoms in total. The molecule has 0 aliphatic carbocycles. The zero-order chi connectivity index (χ0) is 6.08. The van der Waals surface area contributed by atoms with E-state index in [9.17, 15) is 0 Å². The summed E-state index contributed by atoms with van der Waals surface area (Å²) in [5.74, 6) is -1.72. The molecular formula is C4H11NO2. The first kappa shape index (κ1) is 6.88. The van der Waals surface area contributed by atoms with Crippen molar-refractivity contribution < 1.29 is 10.2 Å². The van der Waals surface area contributed by atoms with E-state index in [4.69, 9.17) is 15.9 Å². The van der Waals surface area contributed by atoms with Crippen molar-refractivity contribution in [3.8, 4) is 0 Å². The zero-order valence-electron chi connectivity index (χ0n) is 4.55. The lowest BCUT2D eigenvalue weighted by molar-refractivity contribution is -0.157. The molecule has 0 saturated heterocycles. The van der Waals surface area contributed by atoms with Gasteiger partial charge in [0.1, 0.15) is 0 Å². The highest BCUT2D eigenvalue weighted by atomic mass is 16.5. The van der Waals surface area contributed by atoms with Crippen LogP contribution in [0.2, 0.25) is 0 Å². The molecule has 0 amide bonds. The van der Waals surface area contributed by atoms with Crippen molar-refractivity contribution in [2.45, 2.75) is 25.7 Å². The molecule has 0 aromatic carbocycles. The lowest BCUT2D eigenvalue weighted by Crippen LogP contribution is -2.42. The molecule has 0 radical (unpaired) electrons. The van der Waals surface area contributed by atoms with Gasteiger partial charge in [-0.05, 0) is 13.8 Å². The molecule has 0 aromatic rings. The minimum Gasteiger partial charge on any atom is -0.365 e. The van der Waals surface area contributed by atoms with Gasteiger partial charge in [0.25, 0.3) is 0 Å². The Kier molecular flexibility index (Phi) is 1.75. The number of aliphatic hydroxyl groups is 2. The smallest absolute Gasteiger partial charge is 0.174 e. The average Bonchev–Trinajstić information content (AvgIpc) is 1.31. The second-order valence-corrected chi connectivity index (χ2v) is 1.88. The predicted octanol–water partition coefficient (Wildman–Crippen LogP) is -0.966. The molecule has 1 atom stereocenters. The van der Waals surface area contributed by atoms with E-state index < -0.39 is 11.8 Å². The summed E-state index contributed by atoms with van der Waals surface area (Å²) in [5.41, 5.74) is 5.07. The predicted molar refractivity (Wildman–Crippen MR) is 26.5 cm³/mol. The maximum atomic E-state index is 8.53. The van der Waals surface area contributed by atoms with Gasteiger partial charge in [0.2, 0.25) is 0 Å². The van der Waals surface area contributed by atoms with E-state index in [1.807, 2.05) is 0 Å². The molecule has 0 rings (SSSR count). The van der Waals surface area contributed by atoms with Crippen LogP contribution in [0.3, 0.4) is 0 Å². The van der Waals surface area contributed by atoms with Crippen LogP contribution in [0.5, 0.6) is 0 Å². The molecule has 0 aliphatic rings. The fraction of sp³-hybridized carbons (Fsp3) is 1.00. The molecule has 0 aliphatic heterocycles. The molecule has 0 bridgehead atoms. The first-order chi connectivity index (χ1) is 2.94.